The molecule has 0 radical (unpaired) electrons. The number of hydrogen-bond donors (Lipinski definition) is 0. The van der Waals surface area contributed by atoms with Gasteiger partial charge in [-0.15, -0.1) is 0 Å². The molecule has 0 N–H and O–H groups in total. The number of amides is 1. The smallest absolute Gasteiger partial charge is 0.245 e. The molecule has 5 heteroatoms. The minimum Gasteiger partial charge on any atom is -0.380 e. The number of rotatable bonds is 4. The highest BCUT2D eigenvalue weighted by Crippen LogP contribution is 2.16. The monoisotopic (exact) mass is 264 g/mol. The Morgan fingerprint density at radius 3 is 2.94 bits per heavy atom. The predicted molar refractivity (Wildman–Crippen MR) is 72.6 cm³/mol. The molecule has 1 aromatic heterocycles. The van der Waals surface area contributed by atoms with Gasteiger partial charge in [0.25, 0.3) is 0 Å². The van der Waals surface area contributed by atoms with Gasteiger partial charge < -0.3 is 9.30 Å². The summed E-state index contributed by atoms with van der Waals surface area (Å²) in [7, 11) is 0. The van der Waals surface area contributed by atoms with E-state index in [9.17, 15) is 4.79 Å². The van der Waals surface area contributed by atoms with Crippen molar-refractivity contribution in [3.8, 4) is 0 Å². The molecule has 1 heterocycles. The van der Waals surface area contributed by atoms with Crippen molar-refractivity contribution in [2.75, 3.05) is 13.2 Å². The Bertz CT molecular complexity index is 613. The van der Waals surface area contributed by atoms with Gasteiger partial charge in [-0.25, -0.2) is 0 Å². The van der Waals surface area contributed by atoms with E-state index in [0.29, 0.717) is 19.8 Å². The van der Waals surface area contributed by atoms with Crippen LogP contribution in [0.2, 0.25) is 0 Å². The Balaban J connectivity index is 2.48. The van der Waals surface area contributed by atoms with Crippen LogP contribution in [0.1, 0.15) is 13.8 Å². The fraction of sp³-hybridized carbons (Fsp3) is 0.385. The topological polar surface area (TPSA) is 43.6 Å². The maximum atomic E-state index is 11.2. The van der Waals surface area contributed by atoms with Gasteiger partial charge in [0.2, 0.25) is 5.91 Å². The number of aromatic nitrogens is 1. The molecule has 0 aliphatic carbocycles. The number of ether oxygens (including phenoxy) is 1. The van der Waals surface area contributed by atoms with Crippen LogP contribution in [-0.2, 0) is 16.1 Å². The Hall–Kier alpha value is -1.46. The van der Waals surface area contributed by atoms with Crippen LogP contribution in [0.4, 0.5) is 0 Å². The highest BCUT2D eigenvalue weighted by molar-refractivity contribution is 7.16. The van der Waals surface area contributed by atoms with Gasteiger partial charge in [-0.1, -0.05) is 23.5 Å². The number of benzene rings is 1. The third-order valence-electron chi connectivity index (χ3n) is 2.50. The number of carbonyl (C=O) groups is 1. The Labute approximate surface area is 110 Å². The third-order valence-corrected chi connectivity index (χ3v) is 3.56. The number of thiazole rings is 1. The molecule has 96 valence electrons. The lowest BCUT2D eigenvalue weighted by atomic mass is 10.3. The standard InChI is InChI=1S/C13H16N2O2S/c1-3-17-9-8-15-11-6-4-5-7-12(11)18-13(15)14-10(2)16/h4-7H,3,8-9H2,1-2H3. The maximum Gasteiger partial charge on any atom is 0.245 e. The lowest BCUT2D eigenvalue weighted by molar-refractivity contribution is -0.116. The van der Waals surface area contributed by atoms with Crippen molar-refractivity contribution in [2.24, 2.45) is 4.99 Å². The van der Waals surface area contributed by atoms with E-state index in [1.165, 1.54) is 18.3 Å². The number of nitrogens with zero attached hydrogens (tertiary/aromatic N) is 2. The molecule has 0 spiro atoms. The molecule has 0 saturated heterocycles. The van der Waals surface area contributed by atoms with Crippen LogP contribution in [0.15, 0.2) is 29.3 Å². The molecular formula is C13H16N2O2S. The Morgan fingerprint density at radius 2 is 2.22 bits per heavy atom. The summed E-state index contributed by atoms with van der Waals surface area (Å²) in [6.45, 7) is 5.47. The zero-order valence-electron chi connectivity index (χ0n) is 10.5. The molecule has 2 rings (SSSR count). The molecule has 0 atom stereocenters. The fourth-order valence-corrected chi connectivity index (χ4v) is 2.86. The quantitative estimate of drug-likeness (QED) is 0.794. The van der Waals surface area contributed by atoms with Gasteiger partial charge in [0.15, 0.2) is 4.80 Å². The van der Waals surface area contributed by atoms with Crippen molar-refractivity contribution in [1.82, 2.24) is 4.57 Å². The van der Waals surface area contributed by atoms with E-state index in [2.05, 4.69) is 4.99 Å². The number of carbonyl (C=O) groups excluding carboxylic acids is 1. The van der Waals surface area contributed by atoms with E-state index in [1.807, 2.05) is 35.8 Å². The SMILES string of the molecule is CCOCCn1c(=NC(C)=O)sc2ccccc21. The van der Waals surface area contributed by atoms with Gasteiger partial charge in [0.05, 0.1) is 16.8 Å². The van der Waals surface area contributed by atoms with Crippen LogP contribution in [0.5, 0.6) is 0 Å². The third kappa shape index (κ3) is 2.86. The average Bonchev–Trinajstić information content (AvgIpc) is 2.67. The molecule has 4 nitrogen and oxygen atoms in total. The Kier molecular flexibility index (Phi) is 4.28. The summed E-state index contributed by atoms with van der Waals surface area (Å²) in [5.74, 6) is -0.174. The number of para-hydroxylation sites is 1. The first kappa shape index (κ1) is 13.0. The normalized spacial score (nSPS) is 12.2. The zero-order chi connectivity index (χ0) is 13.0. The second kappa shape index (κ2) is 5.93. The number of hydrogen-bond acceptors (Lipinski definition) is 3. The van der Waals surface area contributed by atoms with Crippen molar-refractivity contribution >= 4 is 27.5 Å². The lowest BCUT2D eigenvalue weighted by Crippen LogP contribution is -2.19. The van der Waals surface area contributed by atoms with Crippen LogP contribution >= 0.6 is 11.3 Å². The van der Waals surface area contributed by atoms with E-state index in [-0.39, 0.29) is 5.91 Å². The summed E-state index contributed by atoms with van der Waals surface area (Å²) in [6.07, 6.45) is 0. The Morgan fingerprint density at radius 1 is 1.44 bits per heavy atom. The van der Waals surface area contributed by atoms with Crippen LogP contribution < -0.4 is 4.80 Å². The minimum atomic E-state index is -0.174. The summed E-state index contributed by atoms with van der Waals surface area (Å²) in [5.41, 5.74) is 1.10. The summed E-state index contributed by atoms with van der Waals surface area (Å²) in [6, 6.07) is 8.06. The minimum absolute atomic E-state index is 0.174. The van der Waals surface area contributed by atoms with E-state index < -0.39 is 0 Å². The summed E-state index contributed by atoms with van der Waals surface area (Å²) >= 11 is 1.53. The van der Waals surface area contributed by atoms with Gasteiger partial charge in [-0.2, -0.15) is 4.99 Å². The van der Waals surface area contributed by atoms with Crippen molar-refractivity contribution < 1.29 is 9.53 Å². The first-order valence-electron chi connectivity index (χ1n) is 5.93. The second-order valence-corrected chi connectivity index (χ2v) is 4.84. The van der Waals surface area contributed by atoms with Crippen LogP contribution in [-0.4, -0.2) is 23.7 Å². The predicted octanol–water partition coefficient (Wildman–Crippen LogP) is 2.19. The van der Waals surface area contributed by atoms with Gasteiger partial charge in [-0.3, -0.25) is 4.79 Å². The van der Waals surface area contributed by atoms with E-state index >= 15 is 0 Å². The molecule has 0 fully saturated rings. The zero-order valence-corrected chi connectivity index (χ0v) is 11.4. The molecule has 0 aliphatic heterocycles. The van der Waals surface area contributed by atoms with Gasteiger partial charge >= 0.3 is 0 Å². The van der Waals surface area contributed by atoms with Crippen LogP contribution in [0.25, 0.3) is 10.2 Å². The molecule has 0 aliphatic rings. The highest BCUT2D eigenvalue weighted by Gasteiger charge is 2.05. The molecular weight excluding hydrogens is 248 g/mol. The van der Waals surface area contributed by atoms with Crippen molar-refractivity contribution in [3.05, 3.63) is 29.1 Å². The lowest BCUT2D eigenvalue weighted by Gasteiger charge is -2.04. The first-order chi connectivity index (χ1) is 8.72. The molecule has 18 heavy (non-hydrogen) atoms. The van der Waals surface area contributed by atoms with Crippen LogP contribution in [0.3, 0.4) is 0 Å². The highest BCUT2D eigenvalue weighted by atomic mass is 32.1. The molecule has 0 saturated carbocycles. The molecule has 1 aromatic carbocycles. The molecule has 2 aromatic rings. The fourth-order valence-electron chi connectivity index (χ4n) is 1.76. The molecule has 1 amide bonds. The van der Waals surface area contributed by atoms with Crippen molar-refractivity contribution in [2.45, 2.75) is 20.4 Å². The van der Waals surface area contributed by atoms with E-state index in [1.54, 1.807) is 0 Å². The second-order valence-electron chi connectivity index (χ2n) is 3.83. The van der Waals surface area contributed by atoms with E-state index in [0.717, 1.165) is 15.0 Å². The first-order valence-corrected chi connectivity index (χ1v) is 6.75. The van der Waals surface area contributed by atoms with Crippen LogP contribution in [0, 0.1) is 0 Å². The van der Waals surface area contributed by atoms with Gasteiger partial charge in [-0.05, 0) is 19.1 Å². The van der Waals surface area contributed by atoms with Crippen molar-refractivity contribution in [3.63, 3.8) is 0 Å². The summed E-state index contributed by atoms with van der Waals surface area (Å²) in [4.78, 5) is 16.0. The van der Waals surface area contributed by atoms with Gasteiger partial charge in [0.1, 0.15) is 0 Å². The maximum absolute atomic E-state index is 11.2. The van der Waals surface area contributed by atoms with Crippen molar-refractivity contribution in [1.29, 1.82) is 0 Å². The average molecular weight is 264 g/mol. The molecule has 0 unspecified atom stereocenters. The molecule has 0 bridgehead atoms. The summed E-state index contributed by atoms with van der Waals surface area (Å²) < 4.78 is 8.54. The number of fused-ring (bicyclic) bond motifs is 1. The van der Waals surface area contributed by atoms with Gasteiger partial charge in [0, 0.05) is 20.1 Å². The van der Waals surface area contributed by atoms with E-state index in [4.69, 9.17) is 4.74 Å². The largest absolute Gasteiger partial charge is 0.380 e. The summed E-state index contributed by atoms with van der Waals surface area (Å²) in [5, 5.41) is 0.